The Morgan fingerprint density at radius 1 is 0.833 bits per heavy atom. The van der Waals surface area contributed by atoms with Gasteiger partial charge in [-0.2, -0.15) is 0 Å². The second-order valence-electron chi connectivity index (χ2n) is 7.94. The van der Waals surface area contributed by atoms with Gasteiger partial charge >= 0.3 is 11.9 Å². The average molecular weight is 330 g/mol. The third-order valence-electron chi connectivity index (χ3n) is 7.12. The first-order chi connectivity index (χ1) is 11.7. The Labute approximate surface area is 143 Å². The summed E-state index contributed by atoms with van der Waals surface area (Å²) >= 11 is 0. The minimum Gasteiger partial charge on any atom is -0.461 e. The first-order valence-electron chi connectivity index (χ1n) is 9.22. The number of ether oxygens (including phenoxy) is 2. The molecule has 130 valence electrons. The van der Waals surface area contributed by atoms with E-state index in [-0.39, 0.29) is 37.0 Å². The molecule has 4 aliphatic carbocycles. The van der Waals surface area contributed by atoms with Crippen molar-refractivity contribution < 1.29 is 19.1 Å². The summed E-state index contributed by atoms with van der Waals surface area (Å²) < 4.78 is 10.7. The van der Waals surface area contributed by atoms with Crippen LogP contribution in [0.2, 0.25) is 0 Å². The maximum Gasteiger partial charge on any atom is 0.310 e. The molecule has 0 heterocycles. The maximum absolute atomic E-state index is 12.7. The van der Waals surface area contributed by atoms with Gasteiger partial charge in [-0.3, -0.25) is 9.59 Å². The van der Waals surface area contributed by atoms with Gasteiger partial charge in [0.15, 0.2) is 0 Å². The van der Waals surface area contributed by atoms with Crippen molar-refractivity contribution >= 4 is 11.9 Å². The van der Waals surface area contributed by atoms with Crippen LogP contribution in [0.5, 0.6) is 0 Å². The molecule has 4 saturated carbocycles. The lowest BCUT2D eigenvalue weighted by atomic mass is 9.63. The number of hydrogen-bond donors (Lipinski definition) is 0. The summed E-state index contributed by atoms with van der Waals surface area (Å²) in [5, 5.41) is 0. The van der Waals surface area contributed by atoms with Gasteiger partial charge in [0.2, 0.25) is 0 Å². The zero-order chi connectivity index (χ0) is 16.8. The molecule has 0 radical (unpaired) electrons. The Morgan fingerprint density at radius 2 is 1.29 bits per heavy atom. The molecule has 4 heteroatoms. The lowest BCUT2D eigenvalue weighted by molar-refractivity contribution is -0.165. The lowest BCUT2D eigenvalue weighted by Gasteiger charge is -2.41. The van der Waals surface area contributed by atoms with E-state index >= 15 is 0 Å². The highest BCUT2D eigenvalue weighted by atomic mass is 16.5. The molecule has 4 aliphatic rings. The first kappa shape index (κ1) is 15.9. The van der Waals surface area contributed by atoms with Crippen molar-refractivity contribution in [1.29, 1.82) is 0 Å². The molecular weight excluding hydrogens is 304 g/mol. The van der Waals surface area contributed by atoms with Crippen LogP contribution in [0.15, 0.2) is 25.3 Å². The third-order valence-corrected chi connectivity index (χ3v) is 7.12. The topological polar surface area (TPSA) is 52.6 Å². The van der Waals surface area contributed by atoms with Gasteiger partial charge in [0.1, 0.15) is 13.2 Å². The molecule has 4 fully saturated rings. The molecule has 0 saturated heterocycles. The van der Waals surface area contributed by atoms with Gasteiger partial charge in [0, 0.05) is 0 Å². The van der Waals surface area contributed by atoms with Crippen molar-refractivity contribution in [1.82, 2.24) is 0 Å². The van der Waals surface area contributed by atoms with Crippen molar-refractivity contribution in [3.63, 3.8) is 0 Å². The van der Waals surface area contributed by atoms with Crippen LogP contribution in [0, 0.1) is 47.3 Å². The van der Waals surface area contributed by atoms with E-state index in [1.165, 1.54) is 19.3 Å². The Balaban J connectivity index is 1.60. The third kappa shape index (κ3) is 2.18. The van der Waals surface area contributed by atoms with Crippen LogP contribution in [-0.4, -0.2) is 25.2 Å². The van der Waals surface area contributed by atoms with Crippen molar-refractivity contribution in [2.75, 3.05) is 13.2 Å². The fraction of sp³-hybridized carbons (Fsp3) is 0.700. The highest BCUT2D eigenvalue weighted by Gasteiger charge is 2.69. The van der Waals surface area contributed by atoms with Gasteiger partial charge in [-0.1, -0.05) is 25.3 Å². The Morgan fingerprint density at radius 3 is 1.71 bits per heavy atom. The van der Waals surface area contributed by atoms with Crippen molar-refractivity contribution in [2.45, 2.75) is 25.7 Å². The SMILES string of the molecule is C=CCOC(=O)C1C2CC(C1C(=O)OCC=C)C1C3CCC(C3)C21. The number of carbonyl (C=O) groups excluding carboxylic acids is 2. The van der Waals surface area contributed by atoms with E-state index in [0.717, 1.165) is 18.3 Å². The Hall–Kier alpha value is -1.58. The quantitative estimate of drug-likeness (QED) is 0.427. The number of carbonyl (C=O) groups is 2. The minimum atomic E-state index is -0.326. The van der Waals surface area contributed by atoms with Crippen LogP contribution in [0.3, 0.4) is 0 Å². The van der Waals surface area contributed by atoms with Crippen LogP contribution in [0.4, 0.5) is 0 Å². The van der Waals surface area contributed by atoms with E-state index < -0.39 is 0 Å². The number of rotatable bonds is 6. The monoisotopic (exact) mass is 330 g/mol. The summed E-state index contributed by atoms with van der Waals surface area (Å²) in [7, 11) is 0. The predicted octanol–water partition coefficient (Wildman–Crippen LogP) is 2.99. The zero-order valence-electron chi connectivity index (χ0n) is 14.1. The summed E-state index contributed by atoms with van der Waals surface area (Å²) in [6.07, 6.45) is 8.05. The van der Waals surface area contributed by atoms with E-state index in [4.69, 9.17) is 9.47 Å². The van der Waals surface area contributed by atoms with Gasteiger partial charge in [-0.15, -0.1) is 0 Å². The van der Waals surface area contributed by atoms with Crippen LogP contribution in [-0.2, 0) is 19.1 Å². The molecule has 0 N–H and O–H groups in total. The molecule has 0 spiro atoms. The van der Waals surface area contributed by atoms with E-state index in [1.54, 1.807) is 12.2 Å². The molecule has 0 aromatic rings. The second kappa shape index (κ2) is 6.05. The van der Waals surface area contributed by atoms with Crippen LogP contribution in [0.1, 0.15) is 25.7 Å². The van der Waals surface area contributed by atoms with Crippen LogP contribution in [0.25, 0.3) is 0 Å². The molecule has 0 aromatic heterocycles. The average Bonchev–Trinajstić information content (AvgIpc) is 3.34. The standard InChI is InChI=1S/C20H26O4/c1-3-7-23-19(21)17-13-10-14(18(17)20(22)24-8-4-2)16-12-6-5-11(9-12)15(13)16/h3-4,11-18H,1-2,5-10H2. The normalized spacial score (nSPS) is 44.2. The molecule has 0 amide bonds. The molecule has 8 atom stereocenters. The minimum absolute atomic E-state index is 0.210. The van der Waals surface area contributed by atoms with Gasteiger partial charge in [0.05, 0.1) is 11.8 Å². The first-order valence-corrected chi connectivity index (χ1v) is 9.22. The number of fused-ring (bicyclic) bond motifs is 9. The molecular formula is C20H26O4. The van der Waals surface area contributed by atoms with Crippen molar-refractivity contribution in [2.24, 2.45) is 47.3 Å². The zero-order valence-corrected chi connectivity index (χ0v) is 14.1. The van der Waals surface area contributed by atoms with E-state index in [2.05, 4.69) is 13.2 Å². The molecule has 8 unspecified atom stereocenters. The smallest absolute Gasteiger partial charge is 0.310 e. The molecule has 24 heavy (non-hydrogen) atoms. The molecule has 0 aliphatic heterocycles. The van der Waals surface area contributed by atoms with Gasteiger partial charge in [0.25, 0.3) is 0 Å². The summed E-state index contributed by atoms with van der Waals surface area (Å²) in [4.78, 5) is 25.4. The van der Waals surface area contributed by atoms with Gasteiger partial charge < -0.3 is 9.47 Å². The van der Waals surface area contributed by atoms with Crippen molar-refractivity contribution in [3.05, 3.63) is 25.3 Å². The molecule has 4 bridgehead atoms. The number of hydrogen-bond acceptors (Lipinski definition) is 4. The fourth-order valence-corrected chi connectivity index (χ4v) is 6.70. The largest absolute Gasteiger partial charge is 0.461 e. The van der Waals surface area contributed by atoms with Gasteiger partial charge in [-0.25, -0.2) is 0 Å². The van der Waals surface area contributed by atoms with Crippen LogP contribution >= 0.6 is 0 Å². The van der Waals surface area contributed by atoms with Crippen molar-refractivity contribution in [3.8, 4) is 0 Å². The second-order valence-corrected chi connectivity index (χ2v) is 7.94. The van der Waals surface area contributed by atoms with E-state index in [0.29, 0.717) is 23.7 Å². The Kier molecular flexibility index (Phi) is 4.01. The Bertz CT molecular complexity index is 520. The van der Waals surface area contributed by atoms with E-state index in [9.17, 15) is 9.59 Å². The summed E-state index contributed by atoms with van der Waals surface area (Å²) in [6.45, 7) is 7.63. The van der Waals surface area contributed by atoms with Gasteiger partial charge in [-0.05, 0) is 61.2 Å². The summed E-state index contributed by atoms with van der Waals surface area (Å²) in [5.74, 6) is 2.25. The fourth-order valence-electron chi connectivity index (χ4n) is 6.70. The predicted molar refractivity (Wildman–Crippen MR) is 88.7 cm³/mol. The lowest BCUT2D eigenvalue weighted by Crippen LogP contribution is -2.45. The van der Waals surface area contributed by atoms with E-state index in [1.807, 2.05) is 0 Å². The highest BCUT2D eigenvalue weighted by Crippen LogP contribution is 2.70. The highest BCUT2D eigenvalue weighted by molar-refractivity contribution is 5.84. The molecule has 4 rings (SSSR count). The summed E-state index contributed by atoms with van der Waals surface area (Å²) in [5.41, 5.74) is 0. The van der Waals surface area contributed by atoms with Crippen LogP contribution < -0.4 is 0 Å². The summed E-state index contributed by atoms with van der Waals surface area (Å²) in [6, 6.07) is 0. The molecule has 4 nitrogen and oxygen atoms in total. The maximum atomic E-state index is 12.7. The number of esters is 2. The molecule has 0 aromatic carbocycles.